The van der Waals surface area contributed by atoms with Crippen LogP contribution in [-0.2, 0) is 6.54 Å². The molecule has 14 heavy (non-hydrogen) atoms. The Labute approximate surface area is 87.7 Å². The van der Waals surface area contributed by atoms with Crippen molar-refractivity contribution in [1.82, 2.24) is 14.5 Å². The summed E-state index contributed by atoms with van der Waals surface area (Å²) in [5.41, 5.74) is 0. The van der Waals surface area contributed by atoms with E-state index in [-0.39, 0.29) is 0 Å². The Balaban J connectivity index is 1.79. The third-order valence-corrected chi connectivity index (χ3v) is 3.40. The highest BCUT2D eigenvalue weighted by Gasteiger charge is 2.18. The van der Waals surface area contributed by atoms with Gasteiger partial charge in [-0.05, 0) is 43.4 Å². The summed E-state index contributed by atoms with van der Waals surface area (Å²) in [6, 6.07) is 0. The van der Waals surface area contributed by atoms with Gasteiger partial charge in [-0.3, -0.25) is 4.90 Å². The van der Waals surface area contributed by atoms with E-state index in [1.54, 1.807) is 0 Å². The summed E-state index contributed by atoms with van der Waals surface area (Å²) in [5.74, 6) is 0.519. The van der Waals surface area contributed by atoms with Crippen molar-refractivity contribution in [3.8, 4) is 0 Å². The van der Waals surface area contributed by atoms with Crippen LogP contribution in [0.15, 0.2) is 6.20 Å². The maximum atomic E-state index is 9.00. The molecule has 5 heteroatoms. The third-order valence-electron chi connectivity index (χ3n) is 2.75. The van der Waals surface area contributed by atoms with Crippen LogP contribution >= 0.6 is 11.5 Å². The Morgan fingerprint density at radius 3 is 2.86 bits per heavy atom. The molecule has 1 N–H and O–H groups in total. The minimum absolute atomic E-state index is 0.343. The largest absolute Gasteiger partial charge is 0.396 e. The first-order valence-electron chi connectivity index (χ1n) is 4.98. The fourth-order valence-corrected chi connectivity index (χ4v) is 2.34. The standard InChI is InChI=1S/C9H15N3OS/c13-7-8-1-3-12(4-2-8)6-9-5-10-11-14-9/h5,8,13H,1-4,6-7H2. The minimum atomic E-state index is 0.343. The van der Waals surface area contributed by atoms with Crippen LogP contribution in [0.2, 0.25) is 0 Å². The SMILES string of the molecule is OCC1CCN(Cc2cnns2)CC1. The van der Waals surface area contributed by atoms with E-state index < -0.39 is 0 Å². The van der Waals surface area contributed by atoms with Crippen LogP contribution in [0.4, 0.5) is 0 Å². The second kappa shape index (κ2) is 4.82. The molecular weight excluding hydrogens is 198 g/mol. The highest BCUT2D eigenvalue weighted by molar-refractivity contribution is 7.05. The second-order valence-corrected chi connectivity index (χ2v) is 4.66. The average Bonchev–Trinajstić information content (AvgIpc) is 2.72. The Kier molecular flexibility index (Phi) is 3.44. The molecule has 0 saturated carbocycles. The molecule has 0 bridgehead atoms. The maximum absolute atomic E-state index is 9.00. The zero-order valence-corrected chi connectivity index (χ0v) is 8.91. The van der Waals surface area contributed by atoms with E-state index in [2.05, 4.69) is 14.5 Å². The summed E-state index contributed by atoms with van der Waals surface area (Å²) in [4.78, 5) is 3.63. The van der Waals surface area contributed by atoms with E-state index in [1.165, 1.54) is 16.4 Å². The molecule has 1 fully saturated rings. The van der Waals surface area contributed by atoms with Crippen molar-refractivity contribution in [3.63, 3.8) is 0 Å². The second-order valence-electron chi connectivity index (χ2n) is 3.79. The van der Waals surface area contributed by atoms with Crippen LogP contribution in [0.25, 0.3) is 0 Å². The van der Waals surface area contributed by atoms with Gasteiger partial charge >= 0.3 is 0 Å². The molecule has 0 unspecified atom stereocenters. The van der Waals surface area contributed by atoms with Crippen molar-refractivity contribution in [2.45, 2.75) is 19.4 Å². The molecule has 0 spiro atoms. The molecule has 4 nitrogen and oxygen atoms in total. The van der Waals surface area contributed by atoms with Gasteiger partial charge in [0.2, 0.25) is 0 Å². The van der Waals surface area contributed by atoms with Gasteiger partial charge < -0.3 is 5.11 Å². The van der Waals surface area contributed by atoms with Crippen molar-refractivity contribution in [3.05, 3.63) is 11.1 Å². The Morgan fingerprint density at radius 1 is 1.50 bits per heavy atom. The lowest BCUT2D eigenvalue weighted by Gasteiger charge is -2.30. The van der Waals surface area contributed by atoms with Gasteiger partial charge in [-0.2, -0.15) is 0 Å². The van der Waals surface area contributed by atoms with Gasteiger partial charge in [0.1, 0.15) is 0 Å². The first kappa shape index (κ1) is 10.0. The molecule has 1 aromatic heterocycles. The number of hydrogen-bond acceptors (Lipinski definition) is 5. The Bertz CT molecular complexity index is 257. The molecule has 1 aromatic rings. The molecule has 2 heterocycles. The van der Waals surface area contributed by atoms with Crippen molar-refractivity contribution in [2.24, 2.45) is 5.92 Å². The van der Waals surface area contributed by atoms with Gasteiger partial charge in [0.15, 0.2) is 0 Å². The zero-order valence-electron chi connectivity index (χ0n) is 8.09. The number of hydrogen-bond donors (Lipinski definition) is 1. The number of likely N-dealkylation sites (tertiary alicyclic amines) is 1. The molecule has 0 atom stereocenters. The van der Waals surface area contributed by atoms with Crippen LogP contribution in [0.1, 0.15) is 17.7 Å². The molecule has 1 aliphatic rings. The van der Waals surface area contributed by atoms with Crippen LogP contribution in [0.3, 0.4) is 0 Å². The lowest BCUT2D eigenvalue weighted by Crippen LogP contribution is -2.34. The van der Waals surface area contributed by atoms with Crippen LogP contribution in [0, 0.1) is 5.92 Å². The van der Waals surface area contributed by atoms with Crippen molar-refractivity contribution >= 4 is 11.5 Å². The first-order chi connectivity index (χ1) is 6.88. The van der Waals surface area contributed by atoms with Crippen molar-refractivity contribution in [1.29, 1.82) is 0 Å². The smallest absolute Gasteiger partial charge is 0.0666 e. The van der Waals surface area contributed by atoms with E-state index in [9.17, 15) is 0 Å². The zero-order chi connectivity index (χ0) is 9.80. The molecule has 1 aliphatic heterocycles. The van der Waals surface area contributed by atoms with E-state index in [0.717, 1.165) is 32.5 Å². The molecular formula is C9H15N3OS. The highest BCUT2D eigenvalue weighted by Crippen LogP contribution is 2.18. The summed E-state index contributed by atoms with van der Waals surface area (Å²) in [7, 11) is 0. The van der Waals surface area contributed by atoms with E-state index in [0.29, 0.717) is 12.5 Å². The van der Waals surface area contributed by atoms with Crippen LogP contribution < -0.4 is 0 Å². The summed E-state index contributed by atoms with van der Waals surface area (Å²) >= 11 is 1.47. The normalized spacial score (nSPS) is 20.1. The lowest BCUT2D eigenvalue weighted by atomic mass is 9.98. The number of piperidine rings is 1. The van der Waals surface area contributed by atoms with Crippen molar-refractivity contribution in [2.75, 3.05) is 19.7 Å². The third kappa shape index (κ3) is 2.50. The molecule has 0 aromatic carbocycles. The van der Waals surface area contributed by atoms with Gasteiger partial charge in [-0.15, -0.1) is 5.10 Å². The van der Waals surface area contributed by atoms with Gasteiger partial charge in [0.05, 0.1) is 11.1 Å². The van der Waals surface area contributed by atoms with Crippen LogP contribution in [0.5, 0.6) is 0 Å². The fourth-order valence-electron chi connectivity index (χ4n) is 1.80. The summed E-state index contributed by atoms with van der Waals surface area (Å²) < 4.78 is 3.84. The summed E-state index contributed by atoms with van der Waals surface area (Å²) in [6.45, 7) is 3.48. The molecule has 78 valence electrons. The number of aliphatic hydroxyl groups excluding tert-OH is 1. The molecule has 1 saturated heterocycles. The molecule has 0 amide bonds. The number of nitrogens with zero attached hydrogens (tertiary/aromatic N) is 3. The van der Waals surface area contributed by atoms with Gasteiger partial charge in [0.25, 0.3) is 0 Å². The minimum Gasteiger partial charge on any atom is -0.396 e. The monoisotopic (exact) mass is 213 g/mol. The molecule has 0 aliphatic carbocycles. The average molecular weight is 213 g/mol. The quantitative estimate of drug-likeness (QED) is 0.804. The van der Waals surface area contributed by atoms with Crippen LogP contribution in [-0.4, -0.2) is 39.3 Å². The Morgan fingerprint density at radius 2 is 2.29 bits per heavy atom. The summed E-state index contributed by atoms with van der Waals surface area (Å²) in [5, 5.41) is 12.8. The van der Waals surface area contributed by atoms with Gasteiger partial charge in [-0.1, -0.05) is 4.49 Å². The first-order valence-corrected chi connectivity index (χ1v) is 5.75. The topological polar surface area (TPSA) is 49.2 Å². The van der Waals surface area contributed by atoms with Gasteiger partial charge in [0, 0.05) is 13.2 Å². The Hall–Kier alpha value is -0.520. The summed E-state index contributed by atoms with van der Waals surface area (Å²) in [6.07, 6.45) is 4.06. The van der Waals surface area contributed by atoms with E-state index in [1.807, 2.05) is 6.20 Å². The molecule has 2 rings (SSSR count). The number of aromatic nitrogens is 2. The van der Waals surface area contributed by atoms with E-state index in [4.69, 9.17) is 5.11 Å². The predicted octanol–water partition coefficient (Wildman–Crippen LogP) is 0.742. The predicted molar refractivity (Wildman–Crippen MR) is 55.0 cm³/mol. The van der Waals surface area contributed by atoms with E-state index >= 15 is 0 Å². The number of rotatable bonds is 3. The maximum Gasteiger partial charge on any atom is 0.0666 e. The van der Waals surface area contributed by atoms with Gasteiger partial charge in [-0.25, -0.2) is 0 Å². The molecule has 0 radical (unpaired) electrons. The number of aliphatic hydroxyl groups is 1. The lowest BCUT2D eigenvalue weighted by molar-refractivity contribution is 0.128. The van der Waals surface area contributed by atoms with Crippen molar-refractivity contribution < 1.29 is 5.11 Å². The highest BCUT2D eigenvalue weighted by atomic mass is 32.1. The fraction of sp³-hybridized carbons (Fsp3) is 0.778.